The smallest absolute Gasteiger partial charge is 0.261 e. The van der Waals surface area contributed by atoms with E-state index in [1.165, 1.54) is 6.07 Å². The molecule has 0 atom stereocenters. The molecule has 0 aromatic heterocycles. The SMILES string of the molecule is CC.Cc1cccc(C)c1/C=C/c1cccc(S(=O)(=O)CCN2C(=O)c3ccccc3C2=O)c1.N. The summed E-state index contributed by atoms with van der Waals surface area (Å²) in [5.74, 6) is -1.24. The van der Waals surface area contributed by atoms with Crippen LogP contribution in [0, 0.1) is 13.8 Å². The van der Waals surface area contributed by atoms with Gasteiger partial charge in [0.1, 0.15) is 0 Å². The van der Waals surface area contributed by atoms with Gasteiger partial charge in [0.2, 0.25) is 0 Å². The molecule has 0 radical (unpaired) electrons. The molecule has 184 valence electrons. The van der Waals surface area contributed by atoms with E-state index in [4.69, 9.17) is 0 Å². The van der Waals surface area contributed by atoms with Crippen LogP contribution in [0.2, 0.25) is 0 Å². The van der Waals surface area contributed by atoms with Crippen molar-refractivity contribution in [1.29, 1.82) is 0 Å². The number of fused-ring (bicyclic) bond motifs is 1. The summed E-state index contributed by atoms with van der Waals surface area (Å²) in [6, 6.07) is 19.3. The van der Waals surface area contributed by atoms with Gasteiger partial charge in [0.25, 0.3) is 11.8 Å². The first-order chi connectivity index (χ1) is 16.3. The van der Waals surface area contributed by atoms with Crippen LogP contribution < -0.4 is 6.15 Å². The predicted octanol–water partition coefficient (Wildman–Crippen LogP) is 5.73. The fraction of sp³-hybridized carbons (Fsp3) is 0.214. The third kappa shape index (κ3) is 5.93. The molecule has 3 aromatic carbocycles. The van der Waals surface area contributed by atoms with E-state index < -0.39 is 21.7 Å². The summed E-state index contributed by atoms with van der Waals surface area (Å²) in [7, 11) is -3.68. The Hall–Kier alpha value is -3.55. The van der Waals surface area contributed by atoms with Gasteiger partial charge in [0, 0.05) is 6.54 Å². The van der Waals surface area contributed by atoms with E-state index in [0.717, 1.165) is 27.2 Å². The number of nitrogens with zero attached hydrogens (tertiary/aromatic N) is 1. The number of hydrogen-bond donors (Lipinski definition) is 1. The van der Waals surface area contributed by atoms with Crippen LogP contribution >= 0.6 is 0 Å². The molecular weight excluding hydrogens is 460 g/mol. The lowest BCUT2D eigenvalue weighted by atomic mass is 10.0. The normalized spacial score (nSPS) is 12.7. The number of imide groups is 1. The molecular formula is C28H32N2O4S. The maximum atomic E-state index is 12.9. The van der Waals surface area contributed by atoms with Crippen molar-refractivity contribution >= 4 is 33.8 Å². The molecule has 1 heterocycles. The van der Waals surface area contributed by atoms with Crippen molar-refractivity contribution in [3.63, 3.8) is 0 Å². The van der Waals surface area contributed by atoms with E-state index in [9.17, 15) is 18.0 Å². The highest BCUT2D eigenvalue weighted by Gasteiger charge is 2.35. The molecule has 0 fully saturated rings. The van der Waals surface area contributed by atoms with E-state index >= 15 is 0 Å². The van der Waals surface area contributed by atoms with Crippen LogP contribution in [-0.4, -0.2) is 37.4 Å². The Morgan fingerprint density at radius 1 is 0.771 bits per heavy atom. The van der Waals surface area contributed by atoms with Crippen molar-refractivity contribution in [2.45, 2.75) is 32.6 Å². The Kier molecular flexibility index (Phi) is 9.28. The number of benzene rings is 3. The molecule has 35 heavy (non-hydrogen) atoms. The number of rotatable bonds is 6. The molecule has 3 N–H and O–H groups in total. The average Bonchev–Trinajstić information content (AvgIpc) is 3.08. The minimum absolute atomic E-state index is 0. The van der Waals surface area contributed by atoms with Gasteiger partial charge in [-0.2, -0.15) is 0 Å². The van der Waals surface area contributed by atoms with Crippen LogP contribution in [0.1, 0.15) is 56.8 Å². The number of hydrogen-bond acceptors (Lipinski definition) is 5. The molecule has 7 heteroatoms. The monoisotopic (exact) mass is 492 g/mol. The van der Waals surface area contributed by atoms with Gasteiger partial charge in [-0.25, -0.2) is 8.42 Å². The van der Waals surface area contributed by atoms with Gasteiger partial charge < -0.3 is 6.15 Å². The van der Waals surface area contributed by atoms with Gasteiger partial charge in [0.05, 0.1) is 21.8 Å². The Labute approximate surface area is 207 Å². The second kappa shape index (κ2) is 11.7. The maximum Gasteiger partial charge on any atom is 0.261 e. The van der Waals surface area contributed by atoms with Crippen molar-refractivity contribution in [2.24, 2.45) is 0 Å². The lowest BCUT2D eigenvalue weighted by Crippen LogP contribution is -2.34. The zero-order valence-corrected chi connectivity index (χ0v) is 21.4. The van der Waals surface area contributed by atoms with Crippen LogP contribution in [0.25, 0.3) is 12.2 Å². The topological polar surface area (TPSA) is 107 Å². The quantitative estimate of drug-likeness (QED) is 0.349. The summed E-state index contributed by atoms with van der Waals surface area (Å²) in [6.45, 7) is 7.89. The predicted molar refractivity (Wildman–Crippen MR) is 142 cm³/mol. The Balaban J connectivity index is 0.00000140. The van der Waals surface area contributed by atoms with Gasteiger partial charge >= 0.3 is 0 Å². The van der Waals surface area contributed by atoms with Crippen LogP contribution in [0.15, 0.2) is 71.6 Å². The maximum absolute atomic E-state index is 12.9. The van der Waals surface area contributed by atoms with Crippen molar-refractivity contribution in [1.82, 2.24) is 11.1 Å². The second-order valence-corrected chi connectivity index (χ2v) is 9.95. The van der Waals surface area contributed by atoms with E-state index in [1.807, 2.05) is 64.1 Å². The highest BCUT2D eigenvalue weighted by atomic mass is 32.2. The summed E-state index contributed by atoms with van der Waals surface area (Å²) >= 11 is 0. The number of carbonyl (C=O) groups is 2. The molecule has 0 aliphatic carbocycles. The molecule has 1 aliphatic rings. The van der Waals surface area contributed by atoms with E-state index in [1.54, 1.807) is 36.4 Å². The number of amides is 2. The molecule has 6 nitrogen and oxygen atoms in total. The molecule has 0 saturated carbocycles. The largest absolute Gasteiger partial charge is 0.344 e. The summed E-state index contributed by atoms with van der Waals surface area (Å²) in [4.78, 5) is 26.2. The van der Waals surface area contributed by atoms with Gasteiger partial charge in [0.15, 0.2) is 9.84 Å². The minimum atomic E-state index is -3.68. The molecule has 0 bridgehead atoms. The standard InChI is InChI=1S/C26H23NO4S.C2H6.H3N/c1-18-7-5-8-19(2)22(18)14-13-20-9-6-10-21(17-20)32(30,31)16-15-27-25(28)23-11-3-4-12-24(23)26(27)29;1-2;/h3-14,17H,15-16H2,1-2H3;1-2H3;1H3/b14-13+;;. The van der Waals surface area contributed by atoms with E-state index in [0.29, 0.717) is 11.1 Å². The third-order valence-electron chi connectivity index (χ3n) is 5.66. The molecule has 0 unspecified atom stereocenters. The van der Waals surface area contributed by atoms with Crippen molar-refractivity contribution in [2.75, 3.05) is 12.3 Å². The summed E-state index contributed by atoms with van der Waals surface area (Å²) < 4.78 is 25.9. The third-order valence-corrected chi connectivity index (χ3v) is 7.36. The Morgan fingerprint density at radius 3 is 1.89 bits per heavy atom. The molecule has 1 aliphatic heterocycles. The Morgan fingerprint density at radius 2 is 1.31 bits per heavy atom. The number of sulfone groups is 1. The minimum Gasteiger partial charge on any atom is -0.344 e. The molecule has 0 saturated heterocycles. The fourth-order valence-corrected chi connectivity index (χ4v) is 5.11. The number of aryl methyl sites for hydroxylation is 2. The summed E-state index contributed by atoms with van der Waals surface area (Å²) in [5.41, 5.74) is 4.78. The molecule has 0 spiro atoms. The molecule has 4 rings (SSSR count). The second-order valence-electron chi connectivity index (χ2n) is 7.84. The highest BCUT2D eigenvalue weighted by molar-refractivity contribution is 7.91. The van der Waals surface area contributed by atoms with Crippen molar-refractivity contribution < 1.29 is 18.0 Å². The first kappa shape index (κ1) is 27.7. The van der Waals surface area contributed by atoms with Crippen molar-refractivity contribution in [3.05, 3.63) is 100 Å². The molecule has 2 amide bonds. The first-order valence-electron chi connectivity index (χ1n) is 11.3. The van der Waals surface area contributed by atoms with Crippen molar-refractivity contribution in [3.8, 4) is 0 Å². The van der Waals surface area contributed by atoms with Crippen LogP contribution in [0.5, 0.6) is 0 Å². The van der Waals surface area contributed by atoms with Gasteiger partial charge in [-0.3, -0.25) is 14.5 Å². The first-order valence-corrected chi connectivity index (χ1v) is 13.0. The zero-order chi connectivity index (χ0) is 24.9. The van der Waals surface area contributed by atoms with Crippen LogP contribution in [-0.2, 0) is 9.84 Å². The van der Waals surface area contributed by atoms with Gasteiger partial charge in [-0.15, -0.1) is 0 Å². The highest BCUT2D eigenvalue weighted by Crippen LogP contribution is 2.23. The van der Waals surface area contributed by atoms with Gasteiger partial charge in [-0.1, -0.05) is 68.5 Å². The average molecular weight is 493 g/mol. The van der Waals surface area contributed by atoms with Crippen LogP contribution in [0.3, 0.4) is 0 Å². The lowest BCUT2D eigenvalue weighted by Gasteiger charge is -2.14. The number of carbonyl (C=O) groups excluding carboxylic acids is 2. The summed E-state index contributed by atoms with van der Waals surface area (Å²) in [6.07, 6.45) is 3.87. The summed E-state index contributed by atoms with van der Waals surface area (Å²) in [5, 5.41) is 0. The molecule has 3 aromatic rings. The van der Waals surface area contributed by atoms with Gasteiger partial charge in [-0.05, 0) is 60.4 Å². The zero-order valence-electron chi connectivity index (χ0n) is 20.6. The van der Waals surface area contributed by atoms with Crippen LogP contribution in [0.4, 0.5) is 0 Å². The van der Waals surface area contributed by atoms with E-state index in [-0.39, 0.29) is 23.3 Å². The fourth-order valence-electron chi connectivity index (χ4n) is 3.85. The Bertz CT molecular complexity index is 1310. The lowest BCUT2D eigenvalue weighted by molar-refractivity contribution is 0.0664. The van der Waals surface area contributed by atoms with E-state index in [2.05, 4.69) is 0 Å².